The number of piperazine rings is 1. The standard InChI is InChI=1S/C32H43ClN8O4S/c1-6-29(42)41-18-17-40(20-23(41)12-15-34)30-25-13-16-39(28-10-8-7-9-26(28)33)21-27(25)35-31(36-30)45-22-32(37(2)3)14-11-24(19-32)46(43,44)38(4)5/h6-10,23-24H,1,11-14,16-22H2,2-5H3/t23-,24?,32?/m0/s1. The average molecular weight is 671 g/mol. The van der Waals surface area contributed by atoms with E-state index in [2.05, 4.69) is 27.3 Å². The minimum atomic E-state index is -3.42. The van der Waals surface area contributed by atoms with E-state index in [1.807, 2.05) is 38.4 Å². The van der Waals surface area contributed by atoms with Crippen molar-refractivity contribution in [1.82, 2.24) is 24.1 Å². The van der Waals surface area contributed by atoms with Crippen LogP contribution >= 0.6 is 11.6 Å². The van der Waals surface area contributed by atoms with E-state index in [-0.39, 0.29) is 31.0 Å². The number of rotatable bonds is 10. The van der Waals surface area contributed by atoms with Crippen molar-refractivity contribution in [3.8, 4) is 12.1 Å². The maximum absolute atomic E-state index is 13.0. The summed E-state index contributed by atoms with van der Waals surface area (Å²) in [4.78, 5) is 30.5. The molecule has 2 aliphatic heterocycles. The van der Waals surface area contributed by atoms with Gasteiger partial charge in [-0.3, -0.25) is 4.79 Å². The lowest BCUT2D eigenvalue weighted by Crippen LogP contribution is -2.55. The van der Waals surface area contributed by atoms with Gasteiger partial charge in [0.1, 0.15) is 12.4 Å². The van der Waals surface area contributed by atoms with Gasteiger partial charge in [0.05, 0.1) is 52.3 Å². The molecule has 3 aliphatic rings. The average Bonchev–Trinajstić information content (AvgIpc) is 3.50. The van der Waals surface area contributed by atoms with Crippen LogP contribution < -0.4 is 14.5 Å². The molecule has 3 heterocycles. The number of para-hydroxylation sites is 1. The molecule has 1 saturated carbocycles. The molecule has 2 fully saturated rings. The maximum atomic E-state index is 13.0. The monoisotopic (exact) mass is 670 g/mol. The SMILES string of the molecule is C=CC(=O)N1CCN(c2nc(OCC3(N(C)C)CCC(S(=O)(=O)N(C)C)C3)nc3c2CCN(c2ccccc2Cl)C3)C[C@@H]1CC#N. The number of amides is 1. The fourth-order valence-corrected chi connectivity index (χ4v) is 8.63. The van der Waals surface area contributed by atoms with Crippen molar-refractivity contribution in [1.29, 1.82) is 5.26 Å². The maximum Gasteiger partial charge on any atom is 0.318 e. The molecule has 1 aliphatic carbocycles. The van der Waals surface area contributed by atoms with Crippen molar-refractivity contribution in [3.63, 3.8) is 0 Å². The number of hydrogen-bond acceptors (Lipinski definition) is 10. The summed E-state index contributed by atoms with van der Waals surface area (Å²) in [6.45, 7) is 6.49. The van der Waals surface area contributed by atoms with Crippen LogP contribution in [0.3, 0.4) is 0 Å². The number of fused-ring (bicyclic) bond motifs is 1. The second kappa shape index (κ2) is 13.7. The smallest absolute Gasteiger partial charge is 0.318 e. The highest BCUT2D eigenvalue weighted by molar-refractivity contribution is 7.89. The van der Waals surface area contributed by atoms with Crippen LogP contribution in [0.5, 0.6) is 6.01 Å². The number of benzene rings is 1. The molecule has 1 aromatic carbocycles. The van der Waals surface area contributed by atoms with Gasteiger partial charge in [0.15, 0.2) is 0 Å². The predicted molar refractivity (Wildman–Crippen MR) is 179 cm³/mol. The number of ether oxygens (including phenoxy) is 1. The Bertz CT molecular complexity index is 1610. The molecule has 0 N–H and O–H groups in total. The van der Waals surface area contributed by atoms with Crippen molar-refractivity contribution in [3.05, 3.63) is 53.2 Å². The van der Waals surface area contributed by atoms with Crippen LogP contribution in [0.2, 0.25) is 5.02 Å². The van der Waals surface area contributed by atoms with Gasteiger partial charge < -0.3 is 24.3 Å². The summed E-state index contributed by atoms with van der Waals surface area (Å²) in [6, 6.07) is 9.87. The van der Waals surface area contributed by atoms with Crippen LogP contribution in [-0.4, -0.2) is 116 Å². The first-order valence-corrected chi connectivity index (χ1v) is 17.4. The van der Waals surface area contributed by atoms with Crippen LogP contribution in [0.4, 0.5) is 11.5 Å². The van der Waals surface area contributed by atoms with E-state index < -0.39 is 20.8 Å². The molecule has 1 amide bonds. The van der Waals surface area contributed by atoms with E-state index in [4.69, 9.17) is 26.3 Å². The number of halogens is 1. The Labute approximate surface area is 277 Å². The summed E-state index contributed by atoms with van der Waals surface area (Å²) >= 11 is 6.57. The van der Waals surface area contributed by atoms with Crippen LogP contribution in [0, 0.1) is 11.3 Å². The number of aromatic nitrogens is 2. The highest BCUT2D eigenvalue weighted by Gasteiger charge is 2.47. The lowest BCUT2D eigenvalue weighted by molar-refractivity contribution is -0.128. The zero-order chi connectivity index (χ0) is 33.2. The van der Waals surface area contributed by atoms with Gasteiger partial charge in [0.25, 0.3) is 0 Å². The fraction of sp³-hybridized carbons (Fsp3) is 0.562. The number of carbonyl (C=O) groups is 1. The molecule has 0 radical (unpaired) electrons. The first kappa shape index (κ1) is 33.9. The lowest BCUT2D eigenvalue weighted by atomic mass is 9.97. The Kier molecular flexibility index (Phi) is 10.1. The topological polar surface area (TPSA) is 126 Å². The highest BCUT2D eigenvalue weighted by atomic mass is 35.5. The van der Waals surface area contributed by atoms with Gasteiger partial charge in [-0.05, 0) is 58.0 Å². The number of anilines is 2. The summed E-state index contributed by atoms with van der Waals surface area (Å²) in [7, 11) is 3.64. The molecule has 46 heavy (non-hydrogen) atoms. The third kappa shape index (κ3) is 6.67. The third-order valence-corrected chi connectivity index (χ3v) is 12.3. The van der Waals surface area contributed by atoms with Crippen molar-refractivity contribution in [2.24, 2.45) is 0 Å². The minimum Gasteiger partial charge on any atom is -0.461 e. The Morgan fingerprint density at radius 3 is 2.63 bits per heavy atom. The summed E-state index contributed by atoms with van der Waals surface area (Å²) in [6.07, 6.45) is 3.80. The predicted octanol–water partition coefficient (Wildman–Crippen LogP) is 2.93. The molecule has 0 spiro atoms. The number of hydrogen-bond donors (Lipinski definition) is 0. The number of nitriles is 1. The third-order valence-electron chi connectivity index (χ3n) is 9.67. The fourth-order valence-electron chi connectivity index (χ4n) is 6.84. The quantitative estimate of drug-likeness (QED) is 0.348. The molecule has 1 saturated heterocycles. The van der Waals surface area contributed by atoms with Gasteiger partial charge >= 0.3 is 6.01 Å². The molecule has 2 aromatic rings. The second-order valence-corrected chi connectivity index (χ2v) is 15.5. The van der Waals surface area contributed by atoms with Gasteiger partial charge in [-0.1, -0.05) is 30.3 Å². The van der Waals surface area contributed by atoms with Gasteiger partial charge in [-0.25, -0.2) is 12.7 Å². The Hall–Kier alpha value is -3.44. The Balaban J connectivity index is 1.47. The molecule has 5 rings (SSSR count). The van der Waals surface area contributed by atoms with Gasteiger partial charge in [0.2, 0.25) is 15.9 Å². The van der Waals surface area contributed by atoms with Crippen molar-refractivity contribution in [2.45, 2.75) is 55.5 Å². The highest BCUT2D eigenvalue weighted by Crippen LogP contribution is 2.39. The first-order valence-electron chi connectivity index (χ1n) is 15.6. The van der Waals surface area contributed by atoms with Gasteiger partial charge in [0, 0.05) is 45.8 Å². The molecular weight excluding hydrogens is 628 g/mol. The first-order chi connectivity index (χ1) is 21.9. The second-order valence-electron chi connectivity index (χ2n) is 12.7. The van der Waals surface area contributed by atoms with Gasteiger partial charge in [-0.2, -0.15) is 15.2 Å². The van der Waals surface area contributed by atoms with Crippen molar-refractivity contribution in [2.75, 3.05) is 70.8 Å². The molecule has 2 unspecified atom stereocenters. The minimum absolute atomic E-state index is 0.190. The molecule has 1 aromatic heterocycles. The molecule has 3 atom stereocenters. The Morgan fingerprint density at radius 1 is 1.20 bits per heavy atom. The number of sulfonamides is 1. The Morgan fingerprint density at radius 2 is 1.96 bits per heavy atom. The number of likely N-dealkylation sites (N-methyl/N-ethyl adjacent to an activating group) is 1. The van der Waals surface area contributed by atoms with E-state index in [1.165, 1.54) is 10.4 Å². The van der Waals surface area contributed by atoms with Crippen LogP contribution in [0.25, 0.3) is 0 Å². The molecule has 0 bridgehead atoms. The van der Waals surface area contributed by atoms with Crippen molar-refractivity contribution < 1.29 is 17.9 Å². The van der Waals surface area contributed by atoms with Crippen LogP contribution in [-0.2, 0) is 27.8 Å². The van der Waals surface area contributed by atoms with E-state index in [0.717, 1.165) is 29.3 Å². The van der Waals surface area contributed by atoms with E-state index in [1.54, 1.807) is 19.0 Å². The molecular formula is C32H43ClN8O4S. The van der Waals surface area contributed by atoms with E-state index >= 15 is 0 Å². The zero-order valence-electron chi connectivity index (χ0n) is 27.0. The summed E-state index contributed by atoms with van der Waals surface area (Å²) in [5.74, 6) is 0.551. The van der Waals surface area contributed by atoms with Crippen molar-refractivity contribution >= 4 is 39.0 Å². The van der Waals surface area contributed by atoms with Gasteiger partial charge in [-0.15, -0.1) is 0 Å². The number of nitrogens with zero attached hydrogens (tertiary/aromatic N) is 8. The molecule has 14 heteroatoms. The summed E-state index contributed by atoms with van der Waals surface area (Å²) in [5.41, 5.74) is 2.25. The van der Waals surface area contributed by atoms with E-state index in [9.17, 15) is 18.5 Å². The zero-order valence-corrected chi connectivity index (χ0v) is 28.6. The van der Waals surface area contributed by atoms with Crippen LogP contribution in [0.1, 0.15) is 36.9 Å². The summed E-state index contributed by atoms with van der Waals surface area (Å²) < 4.78 is 33.7. The molecule has 12 nitrogen and oxygen atoms in total. The van der Waals surface area contributed by atoms with E-state index in [0.29, 0.717) is 56.9 Å². The largest absolute Gasteiger partial charge is 0.461 e. The normalized spacial score (nSPS) is 23.4. The summed E-state index contributed by atoms with van der Waals surface area (Å²) in [5, 5.41) is 9.71. The van der Waals surface area contributed by atoms with Crippen LogP contribution in [0.15, 0.2) is 36.9 Å². The number of carbonyl (C=O) groups excluding carboxylic acids is 1. The lowest BCUT2D eigenvalue weighted by Gasteiger charge is -2.42. The molecule has 248 valence electrons.